The van der Waals surface area contributed by atoms with E-state index in [0.29, 0.717) is 18.9 Å². The molecule has 6 heteroatoms. The minimum atomic E-state index is -0.167. The number of furan rings is 1. The number of hydrogen-bond acceptors (Lipinski definition) is 5. The van der Waals surface area contributed by atoms with Crippen LogP contribution in [0.1, 0.15) is 34.7 Å². The highest BCUT2D eigenvalue weighted by atomic mass is 16.5. The third-order valence-electron chi connectivity index (χ3n) is 5.27. The van der Waals surface area contributed by atoms with Crippen LogP contribution in [-0.2, 0) is 13.0 Å². The van der Waals surface area contributed by atoms with Crippen LogP contribution in [0.5, 0.6) is 11.5 Å². The fourth-order valence-electron chi connectivity index (χ4n) is 3.82. The Morgan fingerprint density at radius 2 is 2.11 bits per heavy atom. The van der Waals surface area contributed by atoms with E-state index in [1.54, 1.807) is 13.2 Å². The van der Waals surface area contributed by atoms with E-state index in [-0.39, 0.29) is 11.8 Å². The summed E-state index contributed by atoms with van der Waals surface area (Å²) in [5, 5.41) is 2.98. The normalized spacial score (nSPS) is 19.4. The van der Waals surface area contributed by atoms with Gasteiger partial charge in [0.25, 0.3) is 5.91 Å². The van der Waals surface area contributed by atoms with Gasteiger partial charge in [-0.3, -0.25) is 9.69 Å². The van der Waals surface area contributed by atoms with Crippen molar-refractivity contribution in [2.24, 2.45) is 5.92 Å². The molecular weight excluding hydrogens is 344 g/mol. The second kappa shape index (κ2) is 8.05. The number of ether oxygens (including phenoxy) is 2. The van der Waals surface area contributed by atoms with Crippen LogP contribution >= 0.6 is 0 Å². The van der Waals surface area contributed by atoms with Gasteiger partial charge in [0.1, 0.15) is 5.76 Å². The van der Waals surface area contributed by atoms with Crippen LogP contribution in [0.25, 0.3) is 0 Å². The lowest BCUT2D eigenvalue weighted by Gasteiger charge is -2.26. The van der Waals surface area contributed by atoms with Crippen LogP contribution < -0.4 is 14.8 Å². The Balaban J connectivity index is 1.30. The Morgan fingerprint density at radius 3 is 2.93 bits per heavy atom. The number of methoxy groups -OCH3 is 1. The summed E-state index contributed by atoms with van der Waals surface area (Å²) in [4.78, 5) is 14.8. The SMILES string of the molecule is COc1cccc2c1OCC(CNC(=O)c1ccc(CN3CCCC3)o1)C2. The summed E-state index contributed by atoms with van der Waals surface area (Å²) in [5.41, 5.74) is 1.12. The van der Waals surface area contributed by atoms with Crippen LogP contribution in [-0.4, -0.2) is 44.2 Å². The van der Waals surface area contributed by atoms with Crippen molar-refractivity contribution in [3.8, 4) is 11.5 Å². The smallest absolute Gasteiger partial charge is 0.287 e. The minimum Gasteiger partial charge on any atom is -0.493 e. The predicted octanol–water partition coefficient (Wildman–Crippen LogP) is 2.87. The maximum Gasteiger partial charge on any atom is 0.287 e. The fourth-order valence-corrected chi connectivity index (χ4v) is 3.82. The summed E-state index contributed by atoms with van der Waals surface area (Å²) < 4.78 is 16.9. The molecule has 0 aliphatic carbocycles. The topological polar surface area (TPSA) is 63.9 Å². The summed E-state index contributed by atoms with van der Waals surface area (Å²) in [5.74, 6) is 2.87. The quantitative estimate of drug-likeness (QED) is 0.847. The largest absolute Gasteiger partial charge is 0.493 e. The molecule has 0 radical (unpaired) electrons. The molecule has 1 fully saturated rings. The standard InChI is InChI=1S/C21H26N2O4/c1-25-18-6-4-5-16-11-15(14-26-20(16)18)12-22-21(24)19-8-7-17(27-19)13-23-9-2-3-10-23/h4-8,15H,2-3,9-14H2,1H3,(H,22,24). The highest BCUT2D eigenvalue weighted by Crippen LogP contribution is 2.35. The number of carbonyl (C=O) groups excluding carboxylic acids is 1. The van der Waals surface area contributed by atoms with Gasteiger partial charge in [0.05, 0.1) is 20.3 Å². The van der Waals surface area contributed by atoms with E-state index in [4.69, 9.17) is 13.9 Å². The van der Waals surface area contributed by atoms with Gasteiger partial charge < -0.3 is 19.2 Å². The van der Waals surface area contributed by atoms with Crippen LogP contribution in [0.3, 0.4) is 0 Å². The Kier molecular flexibility index (Phi) is 5.34. The van der Waals surface area contributed by atoms with Gasteiger partial charge in [-0.05, 0) is 56.1 Å². The van der Waals surface area contributed by atoms with E-state index < -0.39 is 0 Å². The van der Waals surface area contributed by atoms with Crippen LogP contribution in [0, 0.1) is 5.92 Å². The van der Waals surface area contributed by atoms with Crippen molar-refractivity contribution in [2.75, 3.05) is 33.4 Å². The van der Waals surface area contributed by atoms with Crippen molar-refractivity contribution >= 4 is 5.91 Å². The Labute approximate surface area is 159 Å². The molecule has 2 aromatic rings. The van der Waals surface area contributed by atoms with E-state index in [0.717, 1.165) is 48.9 Å². The molecule has 1 atom stereocenters. The van der Waals surface area contributed by atoms with Crippen molar-refractivity contribution < 1.29 is 18.7 Å². The van der Waals surface area contributed by atoms with Gasteiger partial charge in [-0.25, -0.2) is 0 Å². The van der Waals surface area contributed by atoms with Gasteiger partial charge in [-0.1, -0.05) is 12.1 Å². The van der Waals surface area contributed by atoms with E-state index in [2.05, 4.69) is 10.2 Å². The molecule has 3 heterocycles. The first-order valence-electron chi connectivity index (χ1n) is 9.61. The number of fused-ring (bicyclic) bond motifs is 1. The molecule has 1 aromatic carbocycles. The van der Waals surface area contributed by atoms with Gasteiger partial charge >= 0.3 is 0 Å². The van der Waals surface area contributed by atoms with Crippen LogP contribution in [0.2, 0.25) is 0 Å². The van der Waals surface area contributed by atoms with Gasteiger partial charge in [-0.15, -0.1) is 0 Å². The Bertz CT molecular complexity index is 795. The second-order valence-corrected chi connectivity index (χ2v) is 7.29. The molecule has 2 aliphatic heterocycles. The maximum absolute atomic E-state index is 12.4. The number of likely N-dealkylation sites (tertiary alicyclic amines) is 1. The number of nitrogens with zero attached hydrogens (tertiary/aromatic N) is 1. The molecule has 1 amide bonds. The summed E-state index contributed by atoms with van der Waals surface area (Å²) in [6.45, 7) is 4.11. The molecular formula is C21H26N2O4. The summed E-state index contributed by atoms with van der Waals surface area (Å²) in [6, 6.07) is 9.57. The minimum absolute atomic E-state index is 0.167. The van der Waals surface area contributed by atoms with E-state index in [9.17, 15) is 4.79 Å². The van der Waals surface area contributed by atoms with Gasteiger partial charge in [0, 0.05) is 12.5 Å². The molecule has 1 saturated heterocycles. The Hall–Kier alpha value is -2.47. The highest BCUT2D eigenvalue weighted by Gasteiger charge is 2.24. The third-order valence-corrected chi connectivity index (χ3v) is 5.27. The fraction of sp³-hybridized carbons (Fsp3) is 0.476. The number of rotatable bonds is 6. The molecule has 1 unspecified atom stereocenters. The first-order valence-corrected chi connectivity index (χ1v) is 9.61. The van der Waals surface area contributed by atoms with Gasteiger partial charge in [0.15, 0.2) is 17.3 Å². The van der Waals surface area contributed by atoms with Crippen molar-refractivity contribution in [1.82, 2.24) is 10.2 Å². The first kappa shape index (κ1) is 17.9. The molecule has 27 heavy (non-hydrogen) atoms. The number of carbonyl (C=O) groups is 1. The zero-order valence-corrected chi connectivity index (χ0v) is 15.7. The van der Waals surface area contributed by atoms with Crippen molar-refractivity contribution in [3.05, 3.63) is 47.4 Å². The van der Waals surface area contributed by atoms with Crippen molar-refractivity contribution in [3.63, 3.8) is 0 Å². The average molecular weight is 370 g/mol. The average Bonchev–Trinajstić information content (AvgIpc) is 3.38. The molecule has 4 rings (SSSR count). The van der Waals surface area contributed by atoms with Crippen molar-refractivity contribution in [1.29, 1.82) is 0 Å². The second-order valence-electron chi connectivity index (χ2n) is 7.29. The molecule has 0 spiro atoms. The molecule has 2 aliphatic rings. The molecule has 6 nitrogen and oxygen atoms in total. The van der Waals surface area contributed by atoms with E-state index in [1.165, 1.54) is 12.8 Å². The number of para-hydroxylation sites is 1. The highest BCUT2D eigenvalue weighted by molar-refractivity contribution is 5.91. The number of amides is 1. The molecule has 0 bridgehead atoms. The molecule has 1 aromatic heterocycles. The number of nitrogens with one attached hydrogen (secondary N) is 1. The van der Waals surface area contributed by atoms with Crippen molar-refractivity contribution in [2.45, 2.75) is 25.8 Å². The molecule has 0 saturated carbocycles. The molecule has 144 valence electrons. The maximum atomic E-state index is 12.4. The van der Waals surface area contributed by atoms with Gasteiger partial charge in [0.2, 0.25) is 0 Å². The predicted molar refractivity (Wildman–Crippen MR) is 101 cm³/mol. The lowest BCUT2D eigenvalue weighted by atomic mass is 9.96. The Morgan fingerprint density at radius 1 is 1.26 bits per heavy atom. The summed E-state index contributed by atoms with van der Waals surface area (Å²) in [7, 11) is 1.65. The zero-order valence-electron chi connectivity index (χ0n) is 15.7. The number of benzene rings is 1. The first-order chi connectivity index (χ1) is 13.2. The summed E-state index contributed by atoms with van der Waals surface area (Å²) >= 11 is 0. The van der Waals surface area contributed by atoms with E-state index in [1.807, 2.05) is 24.3 Å². The monoisotopic (exact) mass is 370 g/mol. The lowest BCUT2D eigenvalue weighted by molar-refractivity contribution is 0.0907. The lowest BCUT2D eigenvalue weighted by Crippen LogP contribution is -2.34. The number of hydrogen-bond donors (Lipinski definition) is 1. The van der Waals surface area contributed by atoms with Crippen LogP contribution in [0.4, 0.5) is 0 Å². The molecule has 1 N–H and O–H groups in total. The van der Waals surface area contributed by atoms with Crippen LogP contribution in [0.15, 0.2) is 34.7 Å². The summed E-state index contributed by atoms with van der Waals surface area (Å²) in [6.07, 6.45) is 3.34. The van der Waals surface area contributed by atoms with E-state index >= 15 is 0 Å². The third kappa shape index (κ3) is 4.11. The van der Waals surface area contributed by atoms with Gasteiger partial charge in [-0.2, -0.15) is 0 Å². The zero-order chi connectivity index (χ0) is 18.6.